The van der Waals surface area contributed by atoms with Gasteiger partial charge >= 0.3 is 76.2 Å². The first-order valence-electron chi connectivity index (χ1n) is 22.0. The number of carbonyl (C=O) groups excluding carboxylic acids is 2. The zero-order valence-corrected chi connectivity index (χ0v) is 48.5. The van der Waals surface area contributed by atoms with Crippen LogP contribution in [0.5, 0.6) is 0 Å². The third-order valence-electron chi connectivity index (χ3n) is 10.3. The second kappa shape index (κ2) is 30.1. The molecular weight excluding hydrogens is 1020 g/mol. The van der Waals surface area contributed by atoms with E-state index in [1.165, 1.54) is 27.7 Å². The molecule has 0 amide bonds. The summed E-state index contributed by atoms with van der Waals surface area (Å²) in [6.45, 7) is 28.3. The first-order chi connectivity index (χ1) is 31.5. The van der Waals surface area contributed by atoms with Gasteiger partial charge in [-0.1, -0.05) is 182 Å². The van der Waals surface area contributed by atoms with Crippen LogP contribution in [0, 0.1) is 36.5 Å². The van der Waals surface area contributed by atoms with Crippen LogP contribution in [-0.4, -0.2) is 113 Å². The monoisotopic (exact) mass is 1090 g/mol. The molecule has 0 saturated carbocycles. The molecule has 2 N–H and O–H groups in total. The number of allylic oxidation sites excluding steroid dienone is 1. The maximum absolute atomic E-state index is 11.4. The van der Waals surface area contributed by atoms with E-state index in [-0.39, 0.29) is 40.4 Å². The van der Waals surface area contributed by atoms with Gasteiger partial charge in [0.05, 0.1) is 13.2 Å². The molecule has 4 rings (SSSR count). The van der Waals surface area contributed by atoms with Crippen LogP contribution in [0.15, 0.2) is 145 Å². The van der Waals surface area contributed by atoms with Crippen LogP contribution in [0.25, 0.3) is 0 Å². The fourth-order valence-electron chi connectivity index (χ4n) is 7.01. The Morgan fingerprint density at radius 3 is 1.22 bits per heavy atom. The molecule has 0 saturated heterocycles. The predicted molar refractivity (Wildman–Crippen MR) is 280 cm³/mol. The Hall–Kier alpha value is -3.62. The van der Waals surface area contributed by atoms with Gasteiger partial charge in [0.1, 0.15) is 0 Å². The van der Waals surface area contributed by atoms with Gasteiger partial charge in [0, 0.05) is 24.7 Å². The summed E-state index contributed by atoms with van der Waals surface area (Å²) >= 11 is -0.426. The number of esters is 2. The first-order valence-corrected chi connectivity index (χ1v) is 32.9. The van der Waals surface area contributed by atoms with E-state index in [1.54, 1.807) is 13.8 Å². The zero-order chi connectivity index (χ0) is 50.9. The molecule has 0 aromatic heterocycles. The molecule has 67 heavy (non-hydrogen) atoms. The summed E-state index contributed by atoms with van der Waals surface area (Å²) in [5, 5.41) is 12.7. The summed E-state index contributed by atoms with van der Waals surface area (Å²) in [5.74, 6) is 3.97. The summed E-state index contributed by atoms with van der Waals surface area (Å²) < 4.78 is 40.5. The van der Waals surface area contributed by atoms with Gasteiger partial charge in [-0.3, -0.25) is 0 Å². The average Bonchev–Trinajstić information content (AvgIpc) is 3.30. The topological polar surface area (TPSA) is 138 Å². The maximum atomic E-state index is 11.4. The molecule has 0 aliphatic carbocycles. The Labute approximate surface area is 431 Å². The van der Waals surface area contributed by atoms with Crippen molar-refractivity contribution in [1.82, 2.24) is 0 Å². The van der Waals surface area contributed by atoms with Crippen molar-refractivity contribution < 1.29 is 46.3 Å². The van der Waals surface area contributed by atoms with Crippen molar-refractivity contribution in [3.8, 4) is 24.7 Å². The number of hydrogen-bond acceptors (Lipinski definition) is 9. The van der Waals surface area contributed by atoms with Crippen molar-refractivity contribution in [1.29, 1.82) is 0 Å². The summed E-state index contributed by atoms with van der Waals surface area (Å²) in [6.07, 6.45) is 12.7. The zero-order valence-electron chi connectivity index (χ0n) is 41.2. The summed E-state index contributed by atoms with van der Waals surface area (Å²) in [4.78, 5) is 22.8. The summed E-state index contributed by atoms with van der Waals surface area (Å²) in [7, 11) is -4.80. The quantitative estimate of drug-likeness (QED) is 0.0129. The van der Waals surface area contributed by atoms with Gasteiger partial charge in [0.2, 0.25) is 0 Å². The van der Waals surface area contributed by atoms with Crippen LogP contribution in [0.4, 0.5) is 0 Å². The molecule has 0 aliphatic heterocycles. The van der Waals surface area contributed by atoms with Crippen molar-refractivity contribution in [2.45, 2.75) is 86.2 Å². The van der Waals surface area contributed by atoms with Crippen molar-refractivity contribution in [3.05, 3.63) is 145 Å². The number of ether oxygens (including phenoxy) is 2. The Kier molecular flexibility index (Phi) is 27.6. The molecule has 0 aliphatic rings. The van der Waals surface area contributed by atoms with Gasteiger partial charge in [-0.2, -0.15) is 0 Å². The summed E-state index contributed by atoms with van der Waals surface area (Å²) in [6, 6.07) is 42.8. The molecule has 0 fully saturated rings. The van der Waals surface area contributed by atoms with Gasteiger partial charge < -0.3 is 18.3 Å². The van der Waals surface area contributed by atoms with Crippen molar-refractivity contribution in [2.75, 3.05) is 26.4 Å². The number of carbonyl (C=O) groups is 2. The molecule has 0 spiro atoms. The minimum atomic E-state index is -3.16. The van der Waals surface area contributed by atoms with E-state index in [4.69, 9.17) is 41.0 Å². The SMILES string of the molecule is C#CC(C)=C(C(=O)OCC)C(=O)OCC.C#CC(C)CO[Si](c1ccccc1)(c1ccccc1)C(C)(C)C.C=CC(C)CO[Si](c1ccccc1)(c1ccccc1)C(C)(C)C.O=[S](O)(=[Ba])OO. The van der Waals surface area contributed by atoms with E-state index >= 15 is 0 Å². The standard InChI is InChI=1S/C21H28OSi.C21H26OSi.C11H14O4.Ba.H2O4S/c2*1-6-18(2)17-22-23(21(3,4)5,19-13-9-7-10-14-19)20-15-11-8-12-16-20;1-5-8(4)9(10(12)14-6-2)11(13)15-7-3;;1-4-5(2)3/h6-16,18H,1,17H2,2-5H3;1,7-16,18H,17H2,2-5H3;1H,6-7H2,2-4H3;;1H,(H,2,3). The normalized spacial score (nSPS) is 13.0. The van der Waals surface area contributed by atoms with Gasteiger partial charge in [-0.25, -0.2) is 9.59 Å². The third kappa shape index (κ3) is 19.0. The Morgan fingerprint density at radius 2 is 1.00 bits per heavy atom. The molecule has 4 aromatic carbocycles. The van der Waals surface area contributed by atoms with Crippen LogP contribution in [0.2, 0.25) is 10.1 Å². The molecule has 358 valence electrons. The Balaban J connectivity index is 0.000000483. The fourth-order valence-corrected chi connectivity index (χ4v) is 16.3. The van der Waals surface area contributed by atoms with Gasteiger partial charge in [-0.05, 0) is 64.4 Å². The molecule has 4 aromatic rings. The van der Waals surface area contributed by atoms with Crippen LogP contribution < -0.4 is 20.7 Å². The Bertz CT molecular complexity index is 2230. The third-order valence-corrected chi connectivity index (χ3v) is 21.5. The molecule has 0 heterocycles. The number of terminal acetylenes is 2. The van der Waals surface area contributed by atoms with Gasteiger partial charge in [-0.15, -0.1) is 25.3 Å². The molecule has 0 bridgehead atoms. The molecule has 14 heteroatoms. The van der Waals surface area contributed by atoms with E-state index in [1.807, 2.05) is 13.0 Å². The van der Waals surface area contributed by atoms with Crippen molar-refractivity contribution in [2.24, 2.45) is 11.8 Å². The van der Waals surface area contributed by atoms with Gasteiger partial charge in [0.15, 0.2) is 5.57 Å². The first kappa shape index (κ1) is 61.4. The van der Waals surface area contributed by atoms with Crippen LogP contribution in [0.1, 0.15) is 76.2 Å². The van der Waals surface area contributed by atoms with E-state index < -0.39 is 74.5 Å². The summed E-state index contributed by atoms with van der Waals surface area (Å²) in [5.41, 5.74) is 0.00750. The van der Waals surface area contributed by atoms with Crippen molar-refractivity contribution in [3.63, 3.8) is 0 Å². The molecule has 0 radical (unpaired) electrons. The molecule has 10 nitrogen and oxygen atoms in total. The fraction of sp³-hybridized carbons (Fsp3) is 0.358. The molecule has 3 atom stereocenters. The van der Waals surface area contributed by atoms with E-state index in [9.17, 15) is 13.8 Å². The molecular formula is C53H70BaO10SSi2. The number of rotatable bonds is 16. The van der Waals surface area contributed by atoms with Crippen LogP contribution in [-0.2, 0) is 34.5 Å². The van der Waals surface area contributed by atoms with E-state index in [2.05, 4.69) is 193 Å². The van der Waals surface area contributed by atoms with E-state index in [0.29, 0.717) is 19.1 Å². The second-order valence-electron chi connectivity index (χ2n) is 17.5. The minimum absolute atomic E-state index is 0.00399. The number of hydrogen-bond donors (Lipinski definition) is 2. The van der Waals surface area contributed by atoms with Crippen LogP contribution >= 0.6 is 0 Å². The molecule has 3 unspecified atom stereocenters. The van der Waals surface area contributed by atoms with Gasteiger partial charge in [0.25, 0.3) is 16.6 Å². The number of benzene rings is 4. The van der Waals surface area contributed by atoms with Crippen LogP contribution in [0.3, 0.4) is 0 Å². The van der Waals surface area contributed by atoms with Crippen molar-refractivity contribution >= 4 is 95.3 Å². The Morgan fingerprint density at radius 1 is 0.701 bits per heavy atom. The van der Waals surface area contributed by atoms with E-state index in [0.717, 1.165) is 0 Å². The predicted octanol–water partition coefficient (Wildman–Crippen LogP) is 8.51. The average molecular weight is 1090 g/mol. The second-order valence-corrected chi connectivity index (χ2v) is 34.3.